The molecule has 0 saturated heterocycles. The van der Waals surface area contributed by atoms with Crippen molar-refractivity contribution in [2.75, 3.05) is 5.32 Å². The van der Waals surface area contributed by atoms with Gasteiger partial charge in [-0.25, -0.2) is 0 Å². The molecule has 4 nitrogen and oxygen atoms in total. The van der Waals surface area contributed by atoms with E-state index in [0.29, 0.717) is 11.4 Å². The predicted octanol–water partition coefficient (Wildman–Crippen LogP) is 3.09. The lowest BCUT2D eigenvalue weighted by Crippen LogP contribution is -2.11. The van der Waals surface area contributed by atoms with Crippen LogP contribution in [-0.4, -0.2) is 15.7 Å². The number of hydrogen-bond acceptors (Lipinski definition) is 3. The van der Waals surface area contributed by atoms with E-state index in [4.69, 9.17) is 0 Å². The van der Waals surface area contributed by atoms with E-state index in [-0.39, 0.29) is 5.91 Å². The third-order valence-corrected chi connectivity index (χ3v) is 3.87. The number of nitrogens with zero attached hydrogens (tertiary/aromatic N) is 2. The van der Waals surface area contributed by atoms with Crippen LogP contribution in [0.5, 0.6) is 0 Å². The summed E-state index contributed by atoms with van der Waals surface area (Å²) in [5.74, 6) is 0.523. The van der Waals surface area contributed by atoms with Crippen LogP contribution in [0.4, 0.5) is 5.82 Å². The first kappa shape index (κ1) is 12.8. The van der Waals surface area contributed by atoms with Crippen molar-refractivity contribution >= 4 is 23.1 Å². The van der Waals surface area contributed by atoms with Crippen molar-refractivity contribution in [2.45, 2.75) is 33.7 Å². The normalized spacial score (nSPS) is 10.6. The van der Waals surface area contributed by atoms with E-state index in [1.807, 2.05) is 36.0 Å². The summed E-state index contributed by atoms with van der Waals surface area (Å²) in [5.41, 5.74) is 1.76. The highest BCUT2D eigenvalue weighted by atomic mass is 32.1. The van der Waals surface area contributed by atoms with Crippen molar-refractivity contribution in [1.82, 2.24) is 9.78 Å². The Morgan fingerprint density at radius 3 is 2.78 bits per heavy atom. The molecule has 0 saturated carbocycles. The largest absolute Gasteiger partial charge is 0.305 e. The Balaban J connectivity index is 2.10. The third-order valence-electron chi connectivity index (χ3n) is 2.79. The molecule has 5 heteroatoms. The lowest BCUT2D eigenvalue weighted by molar-refractivity contribution is 0.102. The fraction of sp³-hybridized carbons (Fsp3) is 0.385. The van der Waals surface area contributed by atoms with Crippen LogP contribution < -0.4 is 5.32 Å². The van der Waals surface area contributed by atoms with Crippen molar-refractivity contribution in [3.63, 3.8) is 0 Å². The molecule has 1 amide bonds. The quantitative estimate of drug-likeness (QED) is 0.921. The highest BCUT2D eigenvalue weighted by Gasteiger charge is 2.11. The van der Waals surface area contributed by atoms with Crippen molar-refractivity contribution in [1.29, 1.82) is 0 Å². The van der Waals surface area contributed by atoms with E-state index >= 15 is 0 Å². The summed E-state index contributed by atoms with van der Waals surface area (Å²) in [6.45, 7) is 6.89. The molecule has 2 rings (SSSR count). The zero-order valence-electron chi connectivity index (χ0n) is 10.9. The molecule has 2 aromatic heterocycles. The number of nitrogens with one attached hydrogen (secondary N) is 1. The predicted molar refractivity (Wildman–Crippen MR) is 74.3 cm³/mol. The van der Waals surface area contributed by atoms with Crippen LogP contribution >= 0.6 is 11.3 Å². The van der Waals surface area contributed by atoms with Gasteiger partial charge in [0.1, 0.15) is 0 Å². The molecule has 0 spiro atoms. The number of carbonyl (C=O) groups is 1. The third kappa shape index (κ3) is 2.61. The molecule has 0 atom stereocenters. The summed E-state index contributed by atoms with van der Waals surface area (Å²) in [4.78, 5) is 13.2. The van der Waals surface area contributed by atoms with Crippen LogP contribution in [0, 0.1) is 6.92 Å². The standard InChI is InChI=1S/C13H17N3OS/c1-4-11-7-10(8-18-11)13(17)14-12-6-9(3)16(5-2)15-12/h6-8H,4-5H2,1-3H3,(H,14,15,17). The average Bonchev–Trinajstić information content (AvgIpc) is 2.95. The van der Waals surface area contributed by atoms with Crippen molar-refractivity contribution in [2.24, 2.45) is 0 Å². The van der Waals surface area contributed by atoms with Gasteiger partial charge in [0, 0.05) is 28.6 Å². The Morgan fingerprint density at radius 2 is 2.22 bits per heavy atom. The molecule has 96 valence electrons. The topological polar surface area (TPSA) is 46.9 Å². The zero-order chi connectivity index (χ0) is 13.1. The van der Waals surface area contributed by atoms with Crippen LogP contribution in [-0.2, 0) is 13.0 Å². The van der Waals surface area contributed by atoms with Gasteiger partial charge in [0.2, 0.25) is 0 Å². The first-order chi connectivity index (χ1) is 8.63. The lowest BCUT2D eigenvalue weighted by Gasteiger charge is -1.99. The van der Waals surface area contributed by atoms with Gasteiger partial charge >= 0.3 is 0 Å². The number of rotatable bonds is 4. The summed E-state index contributed by atoms with van der Waals surface area (Å²) < 4.78 is 1.86. The van der Waals surface area contributed by atoms with E-state index in [2.05, 4.69) is 17.3 Å². The van der Waals surface area contributed by atoms with Crippen LogP contribution in [0.2, 0.25) is 0 Å². The molecule has 0 aliphatic heterocycles. The van der Waals surface area contributed by atoms with Gasteiger partial charge in [-0.2, -0.15) is 5.10 Å². The van der Waals surface area contributed by atoms with Crippen LogP contribution in [0.1, 0.15) is 34.8 Å². The van der Waals surface area contributed by atoms with Gasteiger partial charge in [0.25, 0.3) is 5.91 Å². The van der Waals surface area contributed by atoms with Gasteiger partial charge in [-0.15, -0.1) is 11.3 Å². The van der Waals surface area contributed by atoms with Gasteiger partial charge in [-0.3, -0.25) is 9.48 Å². The maximum absolute atomic E-state index is 12.0. The van der Waals surface area contributed by atoms with E-state index < -0.39 is 0 Å². The minimum absolute atomic E-state index is 0.0910. The number of amides is 1. The number of anilines is 1. The Bertz CT molecular complexity index is 556. The van der Waals surface area contributed by atoms with Crippen LogP contribution in [0.15, 0.2) is 17.5 Å². The van der Waals surface area contributed by atoms with Gasteiger partial charge in [0.05, 0.1) is 5.56 Å². The first-order valence-corrected chi connectivity index (χ1v) is 6.95. The number of aromatic nitrogens is 2. The first-order valence-electron chi connectivity index (χ1n) is 6.07. The molecule has 0 aliphatic rings. The molecule has 1 N–H and O–H groups in total. The molecule has 0 radical (unpaired) electrons. The molecule has 0 aromatic carbocycles. The fourth-order valence-corrected chi connectivity index (χ4v) is 2.58. The Labute approximate surface area is 111 Å². The van der Waals surface area contributed by atoms with Crippen LogP contribution in [0.3, 0.4) is 0 Å². The second-order valence-electron chi connectivity index (χ2n) is 4.10. The molecule has 0 fully saturated rings. The van der Waals surface area contributed by atoms with Gasteiger partial charge in [0.15, 0.2) is 5.82 Å². The SMILES string of the molecule is CCc1cc(C(=O)Nc2cc(C)n(CC)n2)cs1. The van der Waals surface area contributed by atoms with Gasteiger partial charge in [-0.1, -0.05) is 6.92 Å². The highest BCUT2D eigenvalue weighted by molar-refractivity contribution is 7.10. The molecule has 2 heterocycles. The lowest BCUT2D eigenvalue weighted by atomic mass is 10.2. The van der Waals surface area contributed by atoms with Crippen molar-refractivity contribution < 1.29 is 4.79 Å². The smallest absolute Gasteiger partial charge is 0.257 e. The zero-order valence-corrected chi connectivity index (χ0v) is 11.7. The molecule has 0 unspecified atom stereocenters. The number of aryl methyl sites for hydroxylation is 3. The molecule has 18 heavy (non-hydrogen) atoms. The fourth-order valence-electron chi connectivity index (χ4n) is 1.76. The van der Waals surface area contributed by atoms with E-state index in [0.717, 1.165) is 18.7 Å². The average molecular weight is 263 g/mol. The van der Waals surface area contributed by atoms with E-state index in [1.165, 1.54) is 4.88 Å². The minimum atomic E-state index is -0.0910. The van der Waals surface area contributed by atoms with E-state index in [9.17, 15) is 4.79 Å². The Morgan fingerprint density at radius 1 is 1.44 bits per heavy atom. The van der Waals surface area contributed by atoms with Crippen LogP contribution in [0.25, 0.3) is 0 Å². The van der Waals surface area contributed by atoms with Gasteiger partial charge < -0.3 is 5.32 Å². The highest BCUT2D eigenvalue weighted by Crippen LogP contribution is 2.17. The Kier molecular flexibility index (Phi) is 3.81. The van der Waals surface area contributed by atoms with Gasteiger partial charge in [-0.05, 0) is 26.3 Å². The summed E-state index contributed by atoms with van der Waals surface area (Å²) in [6, 6.07) is 3.82. The summed E-state index contributed by atoms with van der Waals surface area (Å²) >= 11 is 1.61. The summed E-state index contributed by atoms with van der Waals surface area (Å²) in [5, 5.41) is 9.02. The van der Waals surface area contributed by atoms with E-state index in [1.54, 1.807) is 11.3 Å². The number of carbonyl (C=O) groups excluding carboxylic acids is 1. The Hall–Kier alpha value is -1.62. The second kappa shape index (κ2) is 5.35. The maximum atomic E-state index is 12.0. The minimum Gasteiger partial charge on any atom is -0.305 e. The van der Waals surface area contributed by atoms with Crippen molar-refractivity contribution in [3.05, 3.63) is 33.6 Å². The molecule has 0 aliphatic carbocycles. The molecular formula is C13H17N3OS. The summed E-state index contributed by atoms with van der Waals surface area (Å²) in [7, 11) is 0. The molecular weight excluding hydrogens is 246 g/mol. The molecule has 0 bridgehead atoms. The summed E-state index contributed by atoms with van der Waals surface area (Å²) in [6.07, 6.45) is 0.960. The molecule has 2 aromatic rings. The van der Waals surface area contributed by atoms with Crippen molar-refractivity contribution in [3.8, 4) is 0 Å². The number of thiophene rings is 1. The second-order valence-corrected chi connectivity index (χ2v) is 5.09. The monoisotopic (exact) mass is 263 g/mol. The number of hydrogen-bond donors (Lipinski definition) is 1. The maximum Gasteiger partial charge on any atom is 0.257 e.